The Labute approximate surface area is 215 Å². The van der Waals surface area contributed by atoms with Gasteiger partial charge < -0.3 is 11.5 Å². The number of azo groups is 1. The van der Waals surface area contributed by atoms with Crippen molar-refractivity contribution in [1.82, 2.24) is 9.71 Å². The molecular weight excluding hydrogens is 496 g/mol. The molecule has 1 heterocycles. The molecule has 0 spiro atoms. The van der Waals surface area contributed by atoms with Gasteiger partial charge in [0.15, 0.2) is 5.82 Å². The van der Waals surface area contributed by atoms with Crippen molar-refractivity contribution >= 4 is 44.6 Å². The van der Waals surface area contributed by atoms with Crippen LogP contribution in [0.5, 0.6) is 0 Å². The average Bonchev–Trinajstić information content (AvgIpc) is 2.88. The number of halogens is 1. The van der Waals surface area contributed by atoms with E-state index >= 15 is 0 Å². The summed E-state index contributed by atoms with van der Waals surface area (Å²) in [4.78, 5) is 4.37. The number of benzene rings is 3. The summed E-state index contributed by atoms with van der Waals surface area (Å²) in [5, 5.41) is 9.28. The molecule has 0 bridgehead atoms. The lowest BCUT2D eigenvalue weighted by atomic mass is 9.88. The highest BCUT2D eigenvalue weighted by Gasteiger charge is 2.22. The summed E-state index contributed by atoms with van der Waals surface area (Å²) in [6.07, 6.45) is 0.419. The maximum atomic E-state index is 12.7. The minimum atomic E-state index is -3.66. The summed E-state index contributed by atoms with van der Waals surface area (Å²) < 4.78 is 28.2. The molecule has 1 aromatic heterocycles. The Balaban J connectivity index is 1.67. The molecule has 4 rings (SSSR count). The molecule has 0 aliphatic rings. The molecule has 0 aliphatic heterocycles. The molecule has 0 aliphatic carbocycles. The molecule has 0 fully saturated rings. The highest BCUT2D eigenvalue weighted by Crippen LogP contribution is 2.39. The zero-order valence-electron chi connectivity index (χ0n) is 19.3. The number of anilines is 2. The van der Waals surface area contributed by atoms with E-state index in [0.717, 1.165) is 5.56 Å². The van der Waals surface area contributed by atoms with E-state index in [1.165, 1.54) is 0 Å². The molecule has 3 aromatic carbocycles. The molecule has 0 saturated heterocycles. The van der Waals surface area contributed by atoms with Crippen molar-refractivity contribution in [1.29, 1.82) is 0 Å². The number of nitrogens with one attached hydrogen (secondary N) is 1. The Morgan fingerprint density at radius 1 is 0.889 bits per heavy atom. The van der Waals surface area contributed by atoms with Gasteiger partial charge in [0.1, 0.15) is 11.5 Å². The van der Waals surface area contributed by atoms with Gasteiger partial charge in [-0.25, -0.2) is 18.1 Å². The Hall–Kier alpha value is -3.79. The third-order valence-corrected chi connectivity index (χ3v) is 7.25. The summed E-state index contributed by atoms with van der Waals surface area (Å²) in [6.45, 7) is 0.173. The lowest BCUT2D eigenvalue weighted by Gasteiger charge is -2.21. The van der Waals surface area contributed by atoms with Crippen molar-refractivity contribution < 1.29 is 8.42 Å². The zero-order valence-corrected chi connectivity index (χ0v) is 20.8. The third-order valence-electron chi connectivity index (χ3n) is 5.52. The maximum absolute atomic E-state index is 12.7. The van der Waals surface area contributed by atoms with Crippen molar-refractivity contribution in [3.63, 3.8) is 0 Å². The van der Waals surface area contributed by atoms with E-state index in [-0.39, 0.29) is 29.0 Å². The summed E-state index contributed by atoms with van der Waals surface area (Å²) in [6, 6.07) is 26.5. The lowest BCUT2D eigenvalue weighted by molar-refractivity contribution is 0.575. The van der Waals surface area contributed by atoms with E-state index in [2.05, 4.69) is 19.9 Å². The predicted octanol–water partition coefficient (Wildman–Crippen LogP) is 5.82. The number of rotatable bonds is 9. The topological polar surface area (TPSA) is 136 Å². The van der Waals surface area contributed by atoms with Crippen molar-refractivity contribution in [3.05, 3.63) is 107 Å². The fraction of sp³-hybridized carbons (Fsp3) is 0.115. The zero-order chi connectivity index (χ0) is 25.5. The highest BCUT2D eigenvalue weighted by atomic mass is 35.5. The van der Waals surface area contributed by atoms with E-state index in [9.17, 15) is 8.42 Å². The van der Waals surface area contributed by atoms with Gasteiger partial charge >= 0.3 is 0 Å². The number of hydrogen-bond donors (Lipinski definition) is 3. The molecule has 0 saturated carbocycles. The number of nitrogen functional groups attached to an aromatic ring is 2. The van der Waals surface area contributed by atoms with Gasteiger partial charge in [-0.3, -0.25) is 0 Å². The van der Waals surface area contributed by atoms with E-state index in [1.807, 2.05) is 30.3 Å². The summed E-state index contributed by atoms with van der Waals surface area (Å²) >= 11 is 5.96. The van der Waals surface area contributed by atoms with Crippen molar-refractivity contribution in [2.24, 2.45) is 10.2 Å². The SMILES string of the molecule is Nc1cc(C(CCNS(=O)(=O)c2ccccc2)c2ccccc2)c(N=Nc2ccc(Cl)cc2)c(N)n1. The highest BCUT2D eigenvalue weighted by molar-refractivity contribution is 7.89. The molecule has 36 heavy (non-hydrogen) atoms. The van der Waals surface area contributed by atoms with Crippen LogP contribution in [0.2, 0.25) is 5.02 Å². The lowest BCUT2D eigenvalue weighted by Crippen LogP contribution is -2.26. The van der Waals surface area contributed by atoms with Crippen LogP contribution in [-0.2, 0) is 10.0 Å². The first-order chi connectivity index (χ1) is 17.3. The number of aromatic nitrogens is 1. The van der Waals surface area contributed by atoms with Crippen LogP contribution in [0.4, 0.5) is 23.0 Å². The van der Waals surface area contributed by atoms with Gasteiger partial charge in [0.05, 0.1) is 10.6 Å². The fourth-order valence-electron chi connectivity index (χ4n) is 3.80. The number of nitrogens with two attached hydrogens (primary N) is 2. The second-order valence-corrected chi connectivity index (χ2v) is 10.2. The van der Waals surface area contributed by atoms with Crippen LogP contribution >= 0.6 is 11.6 Å². The fourth-order valence-corrected chi connectivity index (χ4v) is 4.99. The Morgan fingerprint density at radius 2 is 1.53 bits per heavy atom. The monoisotopic (exact) mass is 520 g/mol. The second kappa shape index (κ2) is 11.3. The van der Waals surface area contributed by atoms with Crippen LogP contribution < -0.4 is 16.2 Å². The molecule has 4 aromatic rings. The first kappa shape index (κ1) is 25.3. The summed E-state index contributed by atoms with van der Waals surface area (Å²) in [7, 11) is -3.66. The van der Waals surface area contributed by atoms with Crippen LogP contribution in [0.25, 0.3) is 0 Å². The number of nitrogens with zero attached hydrogens (tertiary/aromatic N) is 3. The quantitative estimate of drug-likeness (QED) is 0.239. The minimum absolute atomic E-state index is 0.133. The first-order valence-electron chi connectivity index (χ1n) is 11.2. The molecule has 5 N–H and O–H groups in total. The molecule has 0 amide bonds. The number of pyridine rings is 1. The molecule has 0 radical (unpaired) electrons. The molecule has 1 atom stereocenters. The number of sulfonamides is 1. The van der Waals surface area contributed by atoms with Crippen LogP contribution in [0, 0.1) is 0 Å². The van der Waals surface area contributed by atoms with E-state index in [4.69, 9.17) is 23.1 Å². The average molecular weight is 521 g/mol. The van der Waals surface area contributed by atoms with Crippen LogP contribution in [0.15, 0.2) is 106 Å². The normalized spacial score (nSPS) is 12.6. The number of hydrogen-bond acceptors (Lipinski definition) is 7. The summed E-state index contributed by atoms with van der Waals surface area (Å²) in [5.41, 5.74) is 14.9. The smallest absolute Gasteiger partial charge is 0.240 e. The Bertz CT molecular complexity index is 1450. The minimum Gasteiger partial charge on any atom is -0.384 e. The van der Waals surface area contributed by atoms with Crippen LogP contribution in [0.1, 0.15) is 23.5 Å². The van der Waals surface area contributed by atoms with Gasteiger partial charge in [-0.05, 0) is 60.0 Å². The van der Waals surface area contributed by atoms with Crippen molar-refractivity contribution in [2.75, 3.05) is 18.0 Å². The van der Waals surface area contributed by atoms with Gasteiger partial charge in [0.2, 0.25) is 10.0 Å². The van der Waals surface area contributed by atoms with Crippen LogP contribution in [-0.4, -0.2) is 19.9 Å². The first-order valence-corrected chi connectivity index (χ1v) is 13.0. The van der Waals surface area contributed by atoms with Gasteiger partial charge in [0.25, 0.3) is 0 Å². The van der Waals surface area contributed by atoms with Gasteiger partial charge in [-0.1, -0.05) is 60.1 Å². The standard InChI is InChI=1S/C26H25ClN6O2S/c27-19-11-13-20(14-12-19)32-33-25-23(17-24(28)31-26(25)29)22(18-7-3-1-4-8-18)15-16-30-36(34,35)21-9-5-2-6-10-21/h1-14,17,22,30H,15-16H2,(H4,28,29,31). The molecular formula is C26H25ClN6O2S. The van der Waals surface area contributed by atoms with Crippen LogP contribution in [0.3, 0.4) is 0 Å². The molecule has 10 heteroatoms. The van der Waals surface area contributed by atoms with E-state index in [0.29, 0.717) is 28.4 Å². The summed E-state index contributed by atoms with van der Waals surface area (Å²) in [5.74, 6) is 0.0868. The van der Waals surface area contributed by atoms with Gasteiger partial charge in [-0.2, -0.15) is 5.11 Å². The Kier molecular flexibility index (Phi) is 7.94. The predicted molar refractivity (Wildman–Crippen MR) is 143 cm³/mol. The molecule has 8 nitrogen and oxygen atoms in total. The molecule has 1 unspecified atom stereocenters. The Morgan fingerprint density at radius 3 is 2.19 bits per heavy atom. The van der Waals surface area contributed by atoms with E-state index < -0.39 is 10.0 Å². The maximum Gasteiger partial charge on any atom is 0.240 e. The largest absolute Gasteiger partial charge is 0.384 e. The third kappa shape index (κ3) is 6.25. The van der Waals surface area contributed by atoms with Crippen molar-refractivity contribution in [3.8, 4) is 0 Å². The van der Waals surface area contributed by atoms with Crippen molar-refractivity contribution in [2.45, 2.75) is 17.2 Å². The van der Waals surface area contributed by atoms with E-state index in [1.54, 1.807) is 60.7 Å². The van der Waals surface area contributed by atoms with Gasteiger partial charge in [0, 0.05) is 17.5 Å². The second-order valence-electron chi connectivity index (χ2n) is 8.01. The molecule has 184 valence electrons. The van der Waals surface area contributed by atoms with Gasteiger partial charge in [-0.15, -0.1) is 5.11 Å².